The van der Waals surface area contributed by atoms with Crippen molar-refractivity contribution in [1.82, 2.24) is 14.9 Å². The Morgan fingerprint density at radius 2 is 2.30 bits per heavy atom. The average Bonchev–Trinajstić information content (AvgIpc) is 3.17. The number of hydrogen-bond acceptors (Lipinski definition) is 4. The van der Waals surface area contributed by atoms with E-state index >= 15 is 0 Å². The summed E-state index contributed by atoms with van der Waals surface area (Å²) in [5, 5.41) is 0.322. The summed E-state index contributed by atoms with van der Waals surface area (Å²) in [7, 11) is 0.300. The normalized spacial score (nSPS) is 16.2. The topological polar surface area (TPSA) is 92.1 Å². The van der Waals surface area contributed by atoms with E-state index in [1.165, 1.54) is 0 Å². The van der Waals surface area contributed by atoms with Crippen molar-refractivity contribution in [3.8, 4) is 0 Å². The first kappa shape index (κ1) is 13.1. The number of hydrogen-bond donors (Lipinski definition) is 2. The Morgan fingerprint density at radius 3 is 3.00 bits per heavy atom. The van der Waals surface area contributed by atoms with Gasteiger partial charge in [-0.05, 0) is 31.0 Å². The molecule has 0 aliphatic heterocycles. The molecule has 0 spiro atoms. The molecule has 0 saturated heterocycles. The molecule has 20 heavy (non-hydrogen) atoms. The van der Waals surface area contributed by atoms with Crippen molar-refractivity contribution in [2.24, 2.45) is 0 Å². The summed E-state index contributed by atoms with van der Waals surface area (Å²) >= 11 is 0. The Labute approximate surface area is 118 Å². The van der Waals surface area contributed by atoms with Gasteiger partial charge in [0.2, 0.25) is 5.91 Å². The van der Waals surface area contributed by atoms with E-state index in [-0.39, 0.29) is 11.7 Å². The number of carbonyl (C=O) groups excluding carboxylic acids is 1. The van der Waals surface area contributed by atoms with Crippen LogP contribution in [0.3, 0.4) is 0 Å². The number of amides is 1. The van der Waals surface area contributed by atoms with E-state index in [1.807, 2.05) is 0 Å². The largest absolute Gasteiger partial charge is 0.399 e. The van der Waals surface area contributed by atoms with Crippen LogP contribution in [0.2, 0.25) is 0 Å². The number of rotatable bonds is 4. The minimum Gasteiger partial charge on any atom is -0.399 e. The molecule has 1 amide bonds. The zero-order valence-electron chi connectivity index (χ0n) is 11.1. The SMILES string of the molecule is CN(C(=O)CS(=O)c1nc2ccc(N)cc2[nH]1)C1CC1. The molecule has 0 bridgehead atoms. The van der Waals surface area contributed by atoms with Crippen molar-refractivity contribution >= 4 is 33.4 Å². The number of H-pyrrole nitrogens is 1. The van der Waals surface area contributed by atoms with E-state index in [4.69, 9.17) is 5.73 Å². The van der Waals surface area contributed by atoms with Gasteiger partial charge in [0.15, 0.2) is 5.16 Å². The van der Waals surface area contributed by atoms with E-state index in [0.717, 1.165) is 18.4 Å². The van der Waals surface area contributed by atoms with Crippen LogP contribution in [0.25, 0.3) is 11.0 Å². The molecule has 1 aromatic carbocycles. The van der Waals surface area contributed by atoms with Gasteiger partial charge in [-0.25, -0.2) is 4.98 Å². The first-order valence-corrected chi connectivity index (χ1v) is 7.76. The summed E-state index contributed by atoms with van der Waals surface area (Å²) in [6.45, 7) is 0. The Balaban J connectivity index is 1.76. The highest BCUT2D eigenvalue weighted by atomic mass is 32.2. The number of nitrogens with two attached hydrogens (primary N) is 1. The van der Waals surface area contributed by atoms with Crippen LogP contribution in [0.5, 0.6) is 0 Å². The molecule has 1 aliphatic carbocycles. The van der Waals surface area contributed by atoms with Crippen molar-refractivity contribution in [2.75, 3.05) is 18.5 Å². The molecule has 3 N–H and O–H groups in total. The molecule has 106 valence electrons. The number of nitrogens with zero attached hydrogens (tertiary/aromatic N) is 2. The fourth-order valence-corrected chi connectivity index (χ4v) is 3.05. The first-order valence-electron chi connectivity index (χ1n) is 6.44. The molecule has 1 atom stereocenters. The number of fused-ring (bicyclic) bond motifs is 1. The van der Waals surface area contributed by atoms with Crippen LogP contribution in [0.1, 0.15) is 12.8 Å². The maximum absolute atomic E-state index is 12.2. The number of imidazole rings is 1. The number of anilines is 1. The van der Waals surface area contributed by atoms with Gasteiger partial charge in [0, 0.05) is 18.8 Å². The Hall–Kier alpha value is -1.89. The highest BCUT2D eigenvalue weighted by Gasteiger charge is 2.30. The molecular weight excluding hydrogens is 276 g/mol. The van der Waals surface area contributed by atoms with Gasteiger partial charge < -0.3 is 15.6 Å². The van der Waals surface area contributed by atoms with Gasteiger partial charge in [-0.2, -0.15) is 0 Å². The van der Waals surface area contributed by atoms with Gasteiger partial charge in [0.25, 0.3) is 0 Å². The summed E-state index contributed by atoms with van der Waals surface area (Å²) in [4.78, 5) is 20.8. The van der Waals surface area contributed by atoms with Crippen molar-refractivity contribution < 1.29 is 9.00 Å². The third-order valence-corrected chi connectivity index (χ3v) is 4.58. The lowest BCUT2D eigenvalue weighted by Gasteiger charge is -2.15. The molecule has 6 nitrogen and oxygen atoms in total. The highest BCUT2D eigenvalue weighted by Crippen LogP contribution is 2.25. The monoisotopic (exact) mass is 292 g/mol. The van der Waals surface area contributed by atoms with Gasteiger partial charge in [0.05, 0.1) is 21.8 Å². The number of nitrogen functional groups attached to an aromatic ring is 1. The number of nitrogens with one attached hydrogen (secondary N) is 1. The standard InChI is InChI=1S/C13H16N4O2S/c1-17(9-3-4-9)12(18)7-20(19)13-15-10-5-2-8(14)6-11(10)16-13/h2,5-6,9H,3-4,7,14H2,1H3,(H,15,16). The number of carbonyl (C=O) groups is 1. The van der Waals surface area contributed by atoms with Gasteiger partial charge in [-0.1, -0.05) is 0 Å². The summed E-state index contributed by atoms with van der Waals surface area (Å²) in [5.74, 6) is -0.145. The van der Waals surface area contributed by atoms with Crippen molar-refractivity contribution in [1.29, 1.82) is 0 Å². The van der Waals surface area contributed by atoms with Gasteiger partial charge >= 0.3 is 0 Å². The van der Waals surface area contributed by atoms with E-state index in [2.05, 4.69) is 9.97 Å². The summed E-state index contributed by atoms with van der Waals surface area (Å²) in [6, 6.07) is 5.57. The molecule has 1 unspecified atom stereocenters. The lowest BCUT2D eigenvalue weighted by molar-refractivity contribution is -0.127. The molecule has 1 fully saturated rings. The minimum atomic E-state index is -1.46. The van der Waals surface area contributed by atoms with E-state index in [1.54, 1.807) is 30.1 Å². The molecule has 1 heterocycles. The van der Waals surface area contributed by atoms with Gasteiger partial charge in [-0.3, -0.25) is 9.00 Å². The molecule has 2 aromatic rings. The van der Waals surface area contributed by atoms with E-state index in [0.29, 0.717) is 22.4 Å². The molecular formula is C13H16N4O2S. The van der Waals surface area contributed by atoms with E-state index in [9.17, 15) is 9.00 Å². The quantitative estimate of drug-likeness (QED) is 0.818. The maximum Gasteiger partial charge on any atom is 0.235 e. The van der Waals surface area contributed by atoms with E-state index < -0.39 is 10.8 Å². The minimum absolute atomic E-state index is 0.0394. The summed E-state index contributed by atoms with van der Waals surface area (Å²) in [6.07, 6.45) is 2.08. The van der Waals surface area contributed by atoms with Crippen LogP contribution in [0.4, 0.5) is 5.69 Å². The van der Waals surface area contributed by atoms with Crippen LogP contribution in [0, 0.1) is 0 Å². The maximum atomic E-state index is 12.2. The second-order valence-electron chi connectivity index (χ2n) is 5.04. The van der Waals surface area contributed by atoms with Crippen LogP contribution >= 0.6 is 0 Å². The second kappa shape index (κ2) is 4.90. The molecule has 3 rings (SSSR count). The average molecular weight is 292 g/mol. The number of aromatic amines is 1. The van der Waals surface area contributed by atoms with Crippen molar-refractivity contribution in [2.45, 2.75) is 24.0 Å². The van der Waals surface area contributed by atoms with Crippen molar-refractivity contribution in [3.05, 3.63) is 18.2 Å². The zero-order valence-corrected chi connectivity index (χ0v) is 11.9. The number of aromatic nitrogens is 2. The molecule has 7 heteroatoms. The molecule has 0 radical (unpaired) electrons. The highest BCUT2D eigenvalue weighted by molar-refractivity contribution is 7.85. The van der Waals surface area contributed by atoms with Crippen LogP contribution < -0.4 is 5.73 Å². The number of benzene rings is 1. The summed E-state index contributed by atoms with van der Waals surface area (Å²) < 4.78 is 12.2. The second-order valence-corrected chi connectivity index (χ2v) is 6.41. The van der Waals surface area contributed by atoms with Gasteiger partial charge in [-0.15, -0.1) is 0 Å². The molecule has 1 aromatic heterocycles. The summed E-state index contributed by atoms with van der Waals surface area (Å²) in [5.41, 5.74) is 7.73. The molecule has 1 aliphatic rings. The Bertz CT molecular complexity index is 693. The smallest absolute Gasteiger partial charge is 0.235 e. The van der Waals surface area contributed by atoms with Crippen LogP contribution in [-0.2, 0) is 15.6 Å². The first-order chi connectivity index (χ1) is 9.54. The molecule has 1 saturated carbocycles. The van der Waals surface area contributed by atoms with Gasteiger partial charge in [0.1, 0.15) is 5.75 Å². The Kier molecular flexibility index (Phi) is 3.21. The van der Waals surface area contributed by atoms with Crippen molar-refractivity contribution in [3.63, 3.8) is 0 Å². The van der Waals surface area contributed by atoms with Crippen LogP contribution in [0.15, 0.2) is 23.4 Å². The fourth-order valence-electron chi connectivity index (χ4n) is 2.06. The predicted octanol–water partition coefficient (Wildman–Crippen LogP) is 0.873. The lowest BCUT2D eigenvalue weighted by atomic mass is 10.3. The third kappa shape index (κ3) is 2.53. The predicted molar refractivity (Wildman–Crippen MR) is 77.6 cm³/mol. The van der Waals surface area contributed by atoms with Crippen LogP contribution in [-0.4, -0.2) is 43.8 Å². The zero-order chi connectivity index (χ0) is 14.3. The fraction of sp³-hybridized carbons (Fsp3) is 0.385. The third-order valence-electron chi connectivity index (χ3n) is 3.44. The lowest BCUT2D eigenvalue weighted by Crippen LogP contribution is -2.32. The Morgan fingerprint density at radius 1 is 1.55 bits per heavy atom.